The molecule has 12 nitrogen and oxygen atoms in total. The fourth-order valence-corrected chi connectivity index (χ4v) is 4.10. The van der Waals surface area contributed by atoms with Crippen LogP contribution in [0.5, 0.6) is 0 Å². The first-order chi connectivity index (χ1) is 15.8. The van der Waals surface area contributed by atoms with Gasteiger partial charge >= 0.3 is 37.7 Å². The number of nitrogens with zero attached hydrogens (tertiary/aromatic N) is 2. The molecule has 0 aliphatic carbocycles. The summed E-state index contributed by atoms with van der Waals surface area (Å²) in [4.78, 5) is 48.5. The molecule has 0 spiro atoms. The summed E-state index contributed by atoms with van der Waals surface area (Å²) in [6.45, 7) is -0.809. The van der Waals surface area contributed by atoms with Crippen LogP contribution < -0.4 is 0 Å². The van der Waals surface area contributed by atoms with Crippen LogP contribution in [0.1, 0.15) is 41.4 Å². The van der Waals surface area contributed by atoms with Gasteiger partial charge in [0.15, 0.2) is 0 Å². The molecule has 2 aromatic carbocycles. The van der Waals surface area contributed by atoms with Crippen molar-refractivity contribution in [3.05, 3.63) is 70.8 Å². The Balaban J connectivity index is 0.000000240. The van der Waals surface area contributed by atoms with Crippen molar-refractivity contribution >= 4 is 81.6 Å². The molecule has 15 heteroatoms. The summed E-state index contributed by atoms with van der Waals surface area (Å²) in [5.74, 6) is -3.77. The van der Waals surface area contributed by atoms with Crippen LogP contribution in [0, 0.1) is 0 Å². The summed E-state index contributed by atoms with van der Waals surface area (Å²) in [5, 5.41) is 0. The van der Waals surface area contributed by atoms with Gasteiger partial charge in [-0.3, -0.25) is 29.0 Å². The molecule has 0 bridgehead atoms. The quantitative estimate of drug-likeness (QED) is 0.253. The third kappa shape index (κ3) is 6.94. The largest absolute Gasteiger partial charge is 2.00 e. The molecule has 0 N–H and O–H groups in total. The van der Waals surface area contributed by atoms with Crippen LogP contribution in [0.3, 0.4) is 0 Å². The second-order valence-electron chi connectivity index (χ2n) is 7.14. The zero-order chi connectivity index (χ0) is 25.3. The number of carbonyl (C=O) groups excluding carboxylic acids is 4. The Morgan fingerprint density at radius 1 is 0.543 bits per heavy atom. The summed E-state index contributed by atoms with van der Waals surface area (Å²) in [6, 6.07) is 12.4. The van der Waals surface area contributed by atoms with Gasteiger partial charge in [-0.15, -0.1) is 0 Å². The Morgan fingerprint density at radius 2 is 0.771 bits per heavy atom. The van der Waals surface area contributed by atoms with Crippen molar-refractivity contribution in [3.63, 3.8) is 0 Å². The van der Waals surface area contributed by atoms with Crippen molar-refractivity contribution in [3.8, 4) is 0 Å². The van der Waals surface area contributed by atoms with E-state index >= 15 is 0 Å². The first kappa shape index (κ1) is 29.0. The van der Waals surface area contributed by atoms with E-state index in [0.717, 1.165) is 9.80 Å². The second kappa shape index (κ2) is 11.2. The van der Waals surface area contributed by atoms with Gasteiger partial charge in [0, 0.05) is 13.1 Å². The van der Waals surface area contributed by atoms with E-state index in [1.54, 1.807) is 24.3 Å². The monoisotopic (exact) mass is 548 g/mol. The molecule has 2 aliphatic rings. The van der Waals surface area contributed by atoms with Crippen LogP contribution in [-0.4, -0.2) is 122 Å². The minimum absolute atomic E-state index is 0. The second-order valence-corrected chi connectivity index (χ2v) is 10.2. The van der Waals surface area contributed by atoms with Gasteiger partial charge in [0.2, 0.25) is 0 Å². The topological polar surface area (TPSA) is 189 Å². The third-order valence-electron chi connectivity index (χ3n) is 4.89. The molecule has 0 saturated heterocycles. The molecule has 0 unspecified atom stereocenters. The Kier molecular flexibility index (Phi) is 9.33. The molecule has 180 valence electrons. The van der Waals surface area contributed by atoms with Gasteiger partial charge in [-0.1, -0.05) is 24.3 Å². The standard InChI is InChI=1S/2C10H9NO5S.Ca/c2*12-9-7-3-1-2-4-8(7)10(13)11(9)5-6-17(14,15)16;/h2*1-4H,5-6H2,(H,14,15,16);/q;;+2/p-2. The van der Waals surface area contributed by atoms with E-state index in [9.17, 15) is 45.1 Å². The van der Waals surface area contributed by atoms with E-state index in [2.05, 4.69) is 0 Å². The molecular formula is C20H16CaN2O10S2. The number of benzene rings is 2. The van der Waals surface area contributed by atoms with Crippen LogP contribution >= 0.6 is 0 Å². The number of fused-ring (bicyclic) bond motifs is 2. The molecule has 4 amide bonds. The summed E-state index contributed by atoms with van der Waals surface area (Å²) in [5.41, 5.74) is 0.947. The molecule has 0 radical (unpaired) electrons. The number of amides is 4. The van der Waals surface area contributed by atoms with Gasteiger partial charge < -0.3 is 9.11 Å². The van der Waals surface area contributed by atoms with Gasteiger partial charge in [-0.2, -0.15) is 0 Å². The predicted molar refractivity (Wildman–Crippen MR) is 119 cm³/mol. The van der Waals surface area contributed by atoms with Crippen LogP contribution in [0.15, 0.2) is 48.5 Å². The smallest absolute Gasteiger partial charge is 0.748 e. The Morgan fingerprint density at radius 3 is 0.971 bits per heavy atom. The zero-order valence-electron chi connectivity index (χ0n) is 17.9. The van der Waals surface area contributed by atoms with Gasteiger partial charge in [0.25, 0.3) is 23.6 Å². The molecule has 4 rings (SSSR count). The summed E-state index contributed by atoms with van der Waals surface area (Å²) in [6.07, 6.45) is 0. The van der Waals surface area contributed by atoms with Crippen LogP contribution in [0.4, 0.5) is 0 Å². The van der Waals surface area contributed by atoms with Crippen molar-refractivity contribution < 1.29 is 45.1 Å². The average molecular weight is 549 g/mol. The van der Waals surface area contributed by atoms with Gasteiger partial charge in [0.05, 0.1) is 54.0 Å². The van der Waals surface area contributed by atoms with Crippen molar-refractivity contribution in [2.75, 3.05) is 24.6 Å². The fourth-order valence-electron chi connectivity index (χ4n) is 3.29. The Labute approximate surface area is 230 Å². The fraction of sp³-hybridized carbons (Fsp3) is 0.200. The van der Waals surface area contributed by atoms with E-state index in [1.165, 1.54) is 24.3 Å². The van der Waals surface area contributed by atoms with Gasteiger partial charge in [-0.25, -0.2) is 16.8 Å². The third-order valence-corrected chi connectivity index (χ3v) is 6.25. The molecule has 2 aliphatic heterocycles. The molecule has 0 saturated carbocycles. The average Bonchev–Trinajstić information content (AvgIpc) is 3.15. The first-order valence-electron chi connectivity index (χ1n) is 9.58. The maximum Gasteiger partial charge on any atom is 2.00 e. The van der Waals surface area contributed by atoms with Crippen molar-refractivity contribution in [1.82, 2.24) is 9.80 Å². The SMILES string of the molecule is O=C1c2ccccc2C(=O)N1CCS(=O)(=O)[O-].O=C1c2ccccc2C(=O)N1CCS(=O)(=O)[O-].[Ca+2]. The Bertz CT molecular complexity index is 1230. The van der Waals surface area contributed by atoms with Crippen LogP contribution in [0.25, 0.3) is 0 Å². The predicted octanol–water partition coefficient (Wildman–Crippen LogP) is -0.725. The minimum Gasteiger partial charge on any atom is -0.748 e. The van der Waals surface area contributed by atoms with Gasteiger partial charge in [-0.05, 0) is 24.3 Å². The van der Waals surface area contributed by atoms with Crippen LogP contribution in [0.2, 0.25) is 0 Å². The van der Waals surface area contributed by atoms with Crippen LogP contribution in [-0.2, 0) is 20.2 Å². The molecule has 2 aromatic rings. The van der Waals surface area contributed by atoms with E-state index in [1.807, 2.05) is 0 Å². The van der Waals surface area contributed by atoms with E-state index in [0.29, 0.717) is 0 Å². The molecule has 0 aromatic heterocycles. The van der Waals surface area contributed by atoms with Crippen molar-refractivity contribution in [1.29, 1.82) is 0 Å². The molecule has 0 atom stereocenters. The molecule has 2 heterocycles. The summed E-state index contributed by atoms with van der Waals surface area (Å²) < 4.78 is 62.8. The minimum atomic E-state index is -4.44. The summed E-state index contributed by atoms with van der Waals surface area (Å²) >= 11 is 0. The molecule has 0 fully saturated rings. The van der Waals surface area contributed by atoms with E-state index in [-0.39, 0.29) is 60.0 Å². The van der Waals surface area contributed by atoms with E-state index < -0.39 is 68.5 Å². The molecule has 35 heavy (non-hydrogen) atoms. The van der Waals surface area contributed by atoms with E-state index in [4.69, 9.17) is 0 Å². The number of carbonyl (C=O) groups is 4. The maximum atomic E-state index is 11.7. The van der Waals surface area contributed by atoms with Gasteiger partial charge in [0.1, 0.15) is 0 Å². The Hall–Kier alpha value is -2.20. The number of hydrogen-bond acceptors (Lipinski definition) is 10. The zero-order valence-corrected chi connectivity index (χ0v) is 21.8. The first-order valence-corrected chi connectivity index (χ1v) is 12.7. The van der Waals surface area contributed by atoms with Crippen molar-refractivity contribution in [2.45, 2.75) is 0 Å². The maximum absolute atomic E-state index is 11.7. The number of imide groups is 2. The normalized spacial score (nSPS) is 14.8. The number of hydrogen-bond donors (Lipinski definition) is 0. The summed E-state index contributed by atoms with van der Waals surface area (Å²) in [7, 11) is -8.88. The number of rotatable bonds is 6. The molecular weight excluding hydrogens is 532 g/mol. The van der Waals surface area contributed by atoms with Crippen molar-refractivity contribution in [2.24, 2.45) is 0 Å².